The summed E-state index contributed by atoms with van der Waals surface area (Å²) >= 11 is 5.78. The molecule has 0 aliphatic carbocycles. The molecule has 7 nitrogen and oxygen atoms in total. The van der Waals surface area contributed by atoms with Gasteiger partial charge >= 0.3 is 0 Å². The number of nitro benzene ring substituents is 1. The quantitative estimate of drug-likeness (QED) is 0.692. The summed E-state index contributed by atoms with van der Waals surface area (Å²) in [5.74, 6) is -0.432. The van der Waals surface area contributed by atoms with Crippen LogP contribution in [0, 0.1) is 17.0 Å². The molecule has 20 heavy (non-hydrogen) atoms. The van der Waals surface area contributed by atoms with Crippen LogP contribution in [0.25, 0.3) is 0 Å². The highest BCUT2D eigenvalue weighted by Gasteiger charge is 2.16. The fourth-order valence-electron chi connectivity index (χ4n) is 1.55. The zero-order valence-corrected chi connectivity index (χ0v) is 11.1. The molecule has 0 aliphatic rings. The molecule has 1 aromatic heterocycles. The zero-order valence-electron chi connectivity index (χ0n) is 10.3. The highest BCUT2D eigenvalue weighted by molar-refractivity contribution is 6.32. The molecule has 1 amide bonds. The lowest BCUT2D eigenvalue weighted by molar-refractivity contribution is -0.384. The molecule has 8 heteroatoms. The molecule has 102 valence electrons. The molecule has 0 spiro atoms. The smallest absolute Gasteiger partial charge is 0.270 e. The van der Waals surface area contributed by atoms with E-state index in [1.54, 1.807) is 6.92 Å². The van der Waals surface area contributed by atoms with Crippen LogP contribution >= 0.6 is 11.6 Å². The van der Waals surface area contributed by atoms with Crippen LogP contribution in [0.2, 0.25) is 5.15 Å². The molecule has 1 heterocycles. The third kappa shape index (κ3) is 2.89. The summed E-state index contributed by atoms with van der Waals surface area (Å²) in [6, 6.07) is 4.04. The van der Waals surface area contributed by atoms with Gasteiger partial charge in [-0.3, -0.25) is 14.9 Å². The van der Waals surface area contributed by atoms with E-state index in [9.17, 15) is 14.9 Å². The standard InChI is InChI=1S/C12H9ClN4O3/c1-7-2-3-8(17(19)20)6-9(7)12(18)16-11-10(13)14-4-5-15-11/h2-6H,1H3,(H,15,16,18). The lowest BCUT2D eigenvalue weighted by atomic mass is 10.1. The third-order valence-electron chi connectivity index (χ3n) is 2.56. The second kappa shape index (κ2) is 5.62. The number of anilines is 1. The van der Waals surface area contributed by atoms with Crippen molar-refractivity contribution in [3.8, 4) is 0 Å². The Balaban J connectivity index is 2.32. The lowest BCUT2D eigenvalue weighted by Gasteiger charge is -2.07. The van der Waals surface area contributed by atoms with Gasteiger partial charge in [0.2, 0.25) is 0 Å². The minimum atomic E-state index is -0.564. The van der Waals surface area contributed by atoms with E-state index in [0.29, 0.717) is 5.56 Å². The van der Waals surface area contributed by atoms with Crippen LogP contribution in [0.3, 0.4) is 0 Å². The summed E-state index contributed by atoms with van der Waals surface area (Å²) in [7, 11) is 0. The highest BCUT2D eigenvalue weighted by atomic mass is 35.5. The Morgan fingerprint density at radius 1 is 1.35 bits per heavy atom. The highest BCUT2D eigenvalue weighted by Crippen LogP contribution is 2.20. The lowest BCUT2D eigenvalue weighted by Crippen LogP contribution is -2.15. The first-order valence-electron chi connectivity index (χ1n) is 5.52. The molecule has 2 aromatic rings. The molecular weight excluding hydrogens is 284 g/mol. The Bertz CT molecular complexity index is 690. The van der Waals surface area contributed by atoms with E-state index in [-0.39, 0.29) is 22.2 Å². The van der Waals surface area contributed by atoms with E-state index < -0.39 is 10.8 Å². The van der Waals surface area contributed by atoms with E-state index in [1.165, 1.54) is 30.6 Å². The largest absolute Gasteiger partial charge is 0.304 e. The number of non-ortho nitro benzene ring substituents is 1. The van der Waals surface area contributed by atoms with Crippen LogP contribution in [0.15, 0.2) is 30.6 Å². The Morgan fingerprint density at radius 3 is 2.70 bits per heavy atom. The van der Waals surface area contributed by atoms with E-state index in [4.69, 9.17) is 11.6 Å². The monoisotopic (exact) mass is 292 g/mol. The van der Waals surface area contributed by atoms with Gasteiger partial charge in [0.05, 0.1) is 4.92 Å². The van der Waals surface area contributed by atoms with Gasteiger partial charge in [0.1, 0.15) is 0 Å². The van der Waals surface area contributed by atoms with Crippen molar-refractivity contribution in [2.24, 2.45) is 0 Å². The number of hydrogen-bond donors (Lipinski definition) is 1. The number of amides is 1. The van der Waals surface area contributed by atoms with E-state index >= 15 is 0 Å². The minimum Gasteiger partial charge on any atom is -0.304 e. The maximum atomic E-state index is 12.1. The Labute approximate surface area is 118 Å². The summed E-state index contributed by atoms with van der Waals surface area (Å²) in [5, 5.41) is 13.2. The molecule has 0 radical (unpaired) electrons. The number of aryl methyl sites for hydroxylation is 1. The van der Waals surface area contributed by atoms with Crippen LogP contribution in [0.1, 0.15) is 15.9 Å². The predicted octanol–water partition coefficient (Wildman–Crippen LogP) is 2.60. The number of hydrogen-bond acceptors (Lipinski definition) is 5. The van der Waals surface area contributed by atoms with Crippen molar-refractivity contribution >= 4 is 29.0 Å². The number of rotatable bonds is 3. The van der Waals surface area contributed by atoms with Crippen LogP contribution in [-0.4, -0.2) is 20.8 Å². The summed E-state index contributed by atoms with van der Waals surface area (Å²) in [6.07, 6.45) is 2.76. The number of nitro groups is 1. The van der Waals surface area contributed by atoms with Gasteiger partial charge in [0, 0.05) is 30.1 Å². The fourth-order valence-corrected chi connectivity index (χ4v) is 1.70. The third-order valence-corrected chi connectivity index (χ3v) is 2.84. The minimum absolute atomic E-state index is 0.0453. The summed E-state index contributed by atoms with van der Waals surface area (Å²) < 4.78 is 0. The van der Waals surface area contributed by atoms with Gasteiger partial charge in [-0.2, -0.15) is 0 Å². The number of carbonyl (C=O) groups is 1. The number of aromatic nitrogens is 2. The van der Waals surface area contributed by atoms with Crippen molar-refractivity contribution < 1.29 is 9.72 Å². The Kier molecular flexibility index (Phi) is 3.90. The van der Waals surface area contributed by atoms with Gasteiger partial charge in [0.15, 0.2) is 11.0 Å². The average molecular weight is 293 g/mol. The Hall–Kier alpha value is -2.54. The SMILES string of the molecule is Cc1ccc([N+](=O)[O-])cc1C(=O)Nc1nccnc1Cl. The molecule has 0 aliphatic heterocycles. The van der Waals surface area contributed by atoms with E-state index in [1.807, 2.05) is 0 Å². The van der Waals surface area contributed by atoms with Gasteiger partial charge in [-0.05, 0) is 12.5 Å². The van der Waals surface area contributed by atoms with Crippen molar-refractivity contribution in [3.05, 3.63) is 57.0 Å². The topological polar surface area (TPSA) is 98.0 Å². The van der Waals surface area contributed by atoms with Gasteiger partial charge in [-0.25, -0.2) is 9.97 Å². The maximum Gasteiger partial charge on any atom is 0.270 e. The van der Waals surface area contributed by atoms with Gasteiger partial charge < -0.3 is 5.32 Å². The summed E-state index contributed by atoms with van der Waals surface area (Å²) in [4.78, 5) is 29.9. The molecule has 0 bridgehead atoms. The number of nitrogens with one attached hydrogen (secondary N) is 1. The fraction of sp³-hybridized carbons (Fsp3) is 0.0833. The molecule has 1 aromatic carbocycles. The maximum absolute atomic E-state index is 12.1. The van der Waals surface area contributed by atoms with E-state index in [0.717, 1.165) is 0 Å². The number of nitrogens with zero attached hydrogens (tertiary/aromatic N) is 3. The first-order valence-corrected chi connectivity index (χ1v) is 5.89. The van der Waals surface area contributed by atoms with Crippen molar-refractivity contribution in [1.29, 1.82) is 0 Å². The summed E-state index contributed by atoms with van der Waals surface area (Å²) in [6.45, 7) is 1.68. The molecular formula is C12H9ClN4O3. The van der Waals surface area contributed by atoms with Crippen molar-refractivity contribution in [2.45, 2.75) is 6.92 Å². The van der Waals surface area contributed by atoms with Crippen molar-refractivity contribution in [1.82, 2.24) is 9.97 Å². The second-order valence-corrected chi connectivity index (χ2v) is 4.26. The molecule has 0 saturated carbocycles. The molecule has 0 fully saturated rings. The first-order chi connectivity index (χ1) is 9.49. The van der Waals surface area contributed by atoms with E-state index in [2.05, 4.69) is 15.3 Å². The van der Waals surface area contributed by atoms with Crippen LogP contribution in [-0.2, 0) is 0 Å². The normalized spacial score (nSPS) is 10.1. The predicted molar refractivity (Wildman–Crippen MR) is 72.8 cm³/mol. The zero-order chi connectivity index (χ0) is 14.7. The molecule has 0 unspecified atom stereocenters. The molecule has 1 N–H and O–H groups in total. The van der Waals surface area contributed by atoms with Crippen molar-refractivity contribution in [3.63, 3.8) is 0 Å². The van der Waals surface area contributed by atoms with Crippen molar-refractivity contribution in [2.75, 3.05) is 5.32 Å². The number of benzene rings is 1. The van der Waals surface area contributed by atoms with Crippen LogP contribution in [0.4, 0.5) is 11.5 Å². The average Bonchev–Trinajstić information content (AvgIpc) is 2.41. The molecule has 0 saturated heterocycles. The summed E-state index contributed by atoms with van der Waals surface area (Å²) in [5.41, 5.74) is 0.625. The second-order valence-electron chi connectivity index (χ2n) is 3.91. The van der Waals surface area contributed by atoms with Gasteiger partial charge in [-0.15, -0.1) is 0 Å². The van der Waals surface area contributed by atoms with Crippen LogP contribution in [0.5, 0.6) is 0 Å². The Morgan fingerprint density at radius 2 is 2.05 bits per heavy atom. The molecule has 2 rings (SSSR count). The van der Waals surface area contributed by atoms with Crippen LogP contribution < -0.4 is 5.32 Å². The first kappa shape index (κ1) is 13.9. The van der Waals surface area contributed by atoms with Gasteiger partial charge in [-0.1, -0.05) is 17.7 Å². The molecule has 0 atom stereocenters. The van der Waals surface area contributed by atoms with Gasteiger partial charge in [0.25, 0.3) is 11.6 Å². The number of halogens is 1. The number of carbonyl (C=O) groups excluding carboxylic acids is 1.